The standard InChI is InChI=1S/C15H22N2O2/c1-12-5-7-13(8-6-12)19-11-3-10-17-15(18)14-4-2-9-16-14/h5-8,14,16H,2-4,9-11H2,1H3,(H,17,18). The molecule has 4 heteroatoms. The van der Waals surface area contributed by atoms with Gasteiger partial charge in [-0.15, -0.1) is 0 Å². The molecule has 4 nitrogen and oxygen atoms in total. The molecule has 1 heterocycles. The first kappa shape index (κ1) is 13.9. The Labute approximate surface area is 114 Å². The van der Waals surface area contributed by atoms with Crippen molar-refractivity contribution in [3.63, 3.8) is 0 Å². The van der Waals surface area contributed by atoms with Crippen molar-refractivity contribution in [2.45, 2.75) is 32.2 Å². The van der Waals surface area contributed by atoms with Gasteiger partial charge in [0.1, 0.15) is 5.75 Å². The normalized spacial score (nSPS) is 18.3. The highest BCUT2D eigenvalue weighted by atomic mass is 16.5. The van der Waals surface area contributed by atoms with Gasteiger partial charge in [-0.05, 0) is 44.9 Å². The van der Waals surface area contributed by atoms with E-state index in [1.54, 1.807) is 0 Å². The van der Waals surface area contributed by atoms with Crippen LogP contribution in [0.3, 0.4) is 0 Å². The average molecular weight is 262 g/mol. The summed E-state index contributed by atoms with van der Waals surface area (Å²) in [7, 11) is 0. The first-order valence-corrected chi connectivity index (χ1v) is 6.96. The molecule has 0 spiro atoms. The third-order valence-corrected chi connectivity index (χ3v) is 3.29. The number of hydrogen-bond acceptors (Lipinski definition) is 3. The van der Waals surface area contributed by atoms with Gasteiger partial charge in [0.15, 0.2) is 0 Å². The van der Waals surface area contributed by atoms with Gasteiger partial charge in [-0.3, -0.25) is 4.79 Å². The largest absolute Gasteiger partial charge is 0.494 e. The van der Waals surface area contributed by atoms with Crippen LogP contribution in [0, 0.1) is 6.92 Å². The average Bonchev–Trinajstić information content (AvgIpc) is 2.94. The van der Waals surface area contributed by atoms with Crippen LogP contribution in [0.15, 0.2) is 24.3 Å². The summed E-state index contributed by atoms with van der Waals surface area (Å²) in [4.78, 5) is 11.7. The second kappa shape index (κ2) is 7.14. The number of nitrogens with one attached hydrogen (secondary N) is 2. The van der Waals surface area contributed by atoms with Crippen LogP contribution in [-0.4, -0.2) is 31.6 Å². The monoisotopic (exact) mass is 262 g/mol. The van der Waals surface area contributed by atoms with Crippen LogP contribution in [0.25, 0.3) is 0 Å². The fraction of sp³-hybridized carbons (Fsp3) is 0.533. The molecule has 1 aromatic carbocycles. The molecule has 19 heavy (non-hydrogen) atoms. The van der Waals surface area contributed by atoms with Crippen molar-refractivity contribution in [3.8, 4) is 5.75 Å². The number of amides is 1. The molecule has 1 aliphatic heterocycles. The summed E-state index contributed by atoms with van der Waals surface area (Å²) >= 11 is 0. The first-order chi connectivity index (χ1) is 9.25. The molecule has 1 unspecified atom stereocenters. The number of benzene rings is 1. The third kappa shape index (κ3) is 4.56. The van der Waals surface area contributed by atoms with E-state index in [1.165, 1.54) is 5.56 Å². The number of aryl methyl sites for hydroxylation is 1. The molecule has 0 saturated carbocycles. The van der Waals surface area contributed by atoms with E-state index in [0.717, 1.165) is 31.6 Å². The highest BCUT2D eigenvalue weighted by Crippen LogP contribution is 2.11. The first-order valence-electron chi connectivity index (χ1n) is 6.96. The van der Waals surface area contributed by atoms with E-state index in [4.69, 9.17) is 4.74 Å². The summed E-state index contributed by atoms with van der Waals surface area (Å²) in [6.45, 7) is 4.30. The fourth-order valence-corrected chi connectivity index (χ4v) is 2.14. The Morgan fingerprint density at radius 1 is 1.42 bits per heavy atom. The summed E-state index contributed by atoms with van der Waals surface area (Å²) in [6.07, 6.45) is 2.87. The Morgan fingerprint density at radius 3 is 2.89 bits per heavy atom. The van der Waals surface area contributed by atoms with Crippen LogP contribution < -0.4 is 15.4 Å². The van der Waals surface area contributed by atoms with Crippen molar-refractivity contribution in [2.24, 2.45) is 0 Å². The molecular formula is C15H22N2O2. The molecule has 2 N–H and O–H groups in total. The van der Waals surface area contributed by atoms with Crippen LogP contribution in [0.2, 0.25) is 0 Å². The van der Waals surface area contributed by atoms with Gasteiger partial charge >= 0.3 is 0 Å². The van der Waals surface area contributed by atoms with E-state index in [-0.39, 0.29) is 11.9 Å². The number of rotatable bonds is 6. The highest BCUT2D eigenvalue weighted by molar-refractivity contribution is 5.81. The van der Waals surface area contributed by atoms with Crippen LogP contribution in [0.1, 0.15) is 24.8 Å². The van der Waals surface area contributed by atoms with Gasteiger partial charge in [0.2, 0.25) is 5.91 Å². The zero-order valence-electron chi connectivity index (χ0n) is 11.4. The van der Waals surface area contributed by atoms with Crippen molar-refractivity contribution >= 4 is 5.91 Å². The van der Waals surface area contributed by atoms with Gasteiger partial charge in [-0.25, -0.2) is 0 Å². The minimum absolute atomic E-state index is 0.0121. The van der Waals surface area contributed by atoms with Gasteiger partial charge < -0.3 is 15.4 Å². The van der Waals surface area contributed by atoms with E-state index in [9.17, 15) is 4.79 Å². The summed E-state index contributed by atoms with van der Waals surface area (Å²) in [6, 6.07) is 8.01. The van der Waals surface area contributed by atoms with Crippen molar-refractivity contribution < 1.29 is 9.53 Å². The van der Waals surface area contributed by atoms with Crippen LogP contribution in [-0.2, 0) is 4.79 Å². The Hall–Kier alpha value is -1.55. The second-order valence-corrected chi connectivity index (χ2v) is 4.96. The maximum absolute atomic E-state index is 11.7. The SMILES string of the molecule is Cc1ccc(OCCCNC(=O)C2CCCN2)cc1. The van der Waals surface area contributed by atoms with Crippen LogP contribution in [0.4, 0.5) is 0 Å². The maximum Gasteiger partial charge on any atom is 0.237 e. The minimum atomic E-state index is 0.0121. The fourth-order valence-electron chi connectivity index (χ4n) is 2.14. The molecular weight excluding hydrogens is 240 g/mol. The summed E-state index contributed by atoms with van der Waals surface area (Å²) < 4.78 is 5.60. The van der Waals surface area contributed by atoms with Gasteiger partial charge in [-0.1, -0.05) is 17.7 Å². The second-order valence-electron chi connectivity index (χ2n) is 4.96. The molecule has 0 bridgehead atoms. The lowest BCUT2D eigenvalue weighted by atomic mass is 10.2. The predicted octanol–water partition coefficient (Wildman–Crippen LogP) is 1.63. The van der Waals surface area contributed by atoms with Gasteiger partial charge in [0, 0.05) is 6.54 Å². The van der Waals surface area contributed by atoms with E-state index in [2.05, 4.69) is 17.6 Å². The van der Waals surface area contributed by atoms with Crippen molar-refractivity contribution in [2.75, 3.05) is 19.7 Å². The number of carbonyl (C=O) groups is 1. The van der Waals surface area contributed by atoms with Crippen molar-refractivity contribution in [1.29, 1.82) is 0 Å². The topological polar surface area (TPSA) is 50.4 Å². The van der Waals surface area contributed by atoms with Gasteiger partial charge in [0.05, 0.1) is 12.6 Å². The molecule has 1 atom stereocenters. The highest BCUT2D eigenvalue weighted by Gasteiger charge is 2.20. The van der Waals surface area contributed by atoms with Crippen LogP contribution in [0.5, 0.6) is 5.75 Å². The summed E-state index contributed by atoms with van der Waals surface area (Å²) in [5, 5.41) is 6.12. The lowest BCUT2D eigenvalue weighted by molar-refractivity contribution is -0.122. The molecule has 1 aromatic rings. The molecule has 0 aliphatic carbocycles. The molecule has 1 saturated heterocycles. The maximum atomic E-state index is 11.7. The third-order valence-electron chi connectivity index (χ3n) is 3.29. The molecule has 1 aliphatic rings. The van der Waals surface area contributed by atoms with Crippen LogP contribution >= 0.6 is 0 Å². The molecule has 1 amide bonds. The Balaban J connectivity index is 1.56. The predicted molar refractivity (Wildman–Crippen MR) is 75.3 cm³/mol. The van der Waals surface area contributed by atoms with E-state index >= 15 is 0 Å². The number of ether oxygens (including phenoxy) is 1. The quantitative estimate of drug-likeness (QED) is 0.766. The lowest BCUT2D eigenvalue weighted by Gasteiger charge is -2.11. The molecule has 0 radical (unpaired) electrons. The van der Waals surface area contributed by atoms with E-state index < -0.39 is 0 Å². The van der Waals surface area contributed by atoms with E-state index in [1.807, 2.05) is 24.3 Å². The smallest absolute Gasteiger partial charge is 0.237 e. The van der Waals surface area contributed by atoms with Crippen molar-refractivity contribution in [1.82, 2.24) is 10.6 Å². The Bertz CT molecular complexity index is 397. The lowest BCUT2D eigenvalue weighted by Crippen LogP contribution is -2.40. The number of hydrogen-bond donors (Lipinski definition) is 2. The Kier molecular flexibility index (Phi) is 5.21. The zero-order valence-corrected chi connectivity index (χ0v) is 11.4. The zero-order chi connectivity index (χ0) is 13.5. The van der Waals surface area contributed by atoms with Gasteiger partial charge in [-0.2, -0.15) is 0 Å². The van der Waals surface area contributed by atoms with Crippen molar-refractivity contribution in [3.05, 3.63) is 29.8 Å². The summed E-state index contributed by atoms with van der Waals surface area (Å²) in [5.74, 6) is 1.00. The number of carbonyl (C=O) groups excluding carboxylic acids is 1. The molecule has 2 rings (SSSR count). The van der Waals surface area contributed by atoms with Gasteiger partial charge in [0.25, 0.3) is 0 Å². The summed E-state index contributed by atoms with van der Waals surface area (Å²) in [5.41, 5.74) is 1.23. The minimum Gasteiger partial charge on any atom is -0.494 e. The molecule has 104 valence electrons. The molecule has 0 aromatic heterocycles. The Morgan fingerprint density at radius 2 is 2.21 bits per heavy atom. The van der Waals surface area contributed by atoms with E-state index in [0.29, 0.717) is 13.2 Å². The molecule has 1 fully saturated rings.